The van der Waals surface area contributed by atoms with Crippen LogP contribution in [0.4, 0.5) is 0 Å². The first-order valence-corrected chi connectivity index (χ1v) is 9.40. The number of rotatable bonds is 4. The van der Waals surface area contributed by atoms with Crippen LogP contribution in [-0.4, -0.2) is 71.7 Å². The van der Waals surface area contributed by atoms with Gasteiger partial charge in [0.25, 0.3) is 0 Å². The van der Waals surface area contributed by atoms with Crippen LogP contribution in [0.1, 0.15) is 12.8 Å². The average molecular weight is 349 g/mol. The second-order valence-corrected chi connectivity index (χ2v) is 7.14. The van der Waals surface area contributed by atoms with Crippen LogP contribution in [-0.2, 0) is 14.3 Å². The summed E-state index contributed by atoms with van der Waals surface area (Å²) in [6, 6.07) is 3.80. The highest BCUT2D eigenvalue weighted by Crippen LogP contribution is 2.22. The van der Waals surface area contributed by atoms with Gasteiger partial charge >= 0.3 is 0 Å². The van der Waals surface area contributed by atoms with Crippen molar-refractivity contribution in [3.63, 3.8) is 0 Å². The number of likely N-dealkylation sites (tertiary alicyclic amines) is 1. The minimum Gasteiger partial charge on any atom is -0.378 e. The second kappa shape index (κ2) is 8.48. The standard InChI is InChI=1S/C17H23N3O3S/c21-16(13-24-15-3-5-18-6-4-15)20-7-1-2-14(12-20)17(22)19-8-10-23-11-9-19/h3-6,14H,1-2,7-13H2/t14-/m0/s1. The lowest BCUT2D eigenvalue weighted by Crippen LogP contribution is -2.49. The number of hydrogen-bond acceptors (Lipinski definition) is 5. The zero-order valence-electron chi connectivity index (χ0n) is 13.7. The molecule has 0 saturated carbocycles. The topological polar surface area (TPSA) is 62.7 Å². The fraction of sp³-hybridized carbons (Fsp3) is 0.588. The average Bonchev–Trinajstić information content (AvgIpc) is 2.67. The maximum absolute atomic E-state index is 12.6. The van der Waals surface area contributed by atoms with Crippen molar-refractivity contribution in [3.8, 4) is 0 Å². The molecule has 1 atom stereocenters. The Bertz CT molecular complexity index is 563. The number of thioether (sulfide) groups is 1. The van der Waals surface area contributed by atoms with Gasteiger partial charge in [0.2, 0.25) is 11.8 Å². The number of ether oxygens (including phenoxy) is 1. The second-order valence-electron chi connectivity index (χ2n) is 6.09. The first-order valence-electron chi connectivity index (χ1n) is 8.41. The number of aromatic nitrogens is 1. The highest BCUT2D eigenvalue weighted by molar-refractivity contribution is 8.00. The highest BCUT2D eigenvalue weighted by Gasteiger charge is 2.31. The fourth-order valence-electron chi connectivity index (χ4n) is 3.12. The molecule has 130 valence electrons. The van der Waals surface area contributed by atoms with Gasteiger partial charge in [-0.15, -0.1) is 11.8 Å². The molecule has 6 nitrogen and oxygen atoms in total. The van der Waals surface area contributed by atoms with Gasteiger partial charge in [0.15, 0.2) is 0 Å². The molecule has 2 amide bonds. The normalized spacial score (nSPS) is 21.6. The summed E-state index contributed by atoms with van der Waals surface area (Å²) in [5.41, 5.74) is 0. The Balaban J connectivity index is 1.50. The molecule has 1 aromatic rings. The molecule has 2 fully saturated rings. The molecular weight excluding hydrogens is 326 g/mol. The van der Waals surface area contributed by atoms with Gasteiger partial charge in [0.05, 0.1) is 24.9 Å². The quantitative estimate of drug-likeness (QED) is 0.766. The SMILES string of the molecule is O=C(CSc1ccncc1)N1CCC[C@H](C(=O)N2CCOCC2)C1. The van der Waals surface area contributed by atoms with Crippen LogP contribution in [0.25, 0.3) is 0 Å². The van der Waals surface area contributed by atoms with Crippen LogP contribution >= 0.6 is 11.8 Å². The van der Waals surface area contributed by atoms with E-state index in [4.69, 9.17) is 4.74 Å². The minimum atomic E-state index is -0.0632. The van der Waals surface area contributed by atoms with E-state index in [9.17, 15) is 9.59 Å². The van der Waals surface area contributed by atoms with E-state index in [-0.39, 0.29) is 17.7 Å². The van der Waals surface area contributed by atoms with Crippen LogP contribution in [0.2, 0.25) is 0 Å². The molecule has 0 unspecified atom stereocenters. The minimum absolute atomic E-state index is 0.0632. The van der Waals surface area contributed by atoms with Gasteiger partial charge < -0.3 is 14.5 Å². The van der Waals surface area contributed by atoms with Crippen LogP contribution in [0.3, 0.4) is 0 Å². The number of carbonyl (C=O) groups excluding carboxylic acids is 2. The monoisotopic (exact) mass is 349 g/mol. The van der Waals surface area contributed by atoms with Gasteiger partial charge in [-0.05, 0) is 25.0 Å². The Morgan fingerprint density at radius 1 is 1.17 bits per heavy atom. The molecule has 7 heteroatoms. The number of amides is 2. The predicted molar refractivity (Wildman–Crippen MR) is 91.7 cm³/mol. The lowest BCUT2D eigenvalue weighted by atomic mass is 9.96. The van der Waals surface area contributed by atoms with Crippen molar-refractivity contribution in [2.45, 2.75) is 17.7 Å². The summed E-state index contributed by atoms with van der Waals surface area (Å²) in [4.78, 5) is 33.8. The predicted octanol–water partition coefficient (Wildman–Crippen LogP) is 1.27. The van der Waals surface area contributed by atoms with Crippen molar-refractivity contribution in [2.75, 3.05) is 45.1 Å². The van der Waals surface area contributed by atoms with E-state index >= 15 is 0 Å². The Kier molecular flexibility index (Phi) is 6.09. The summed E-state index contributed by atoms with van der Waals surface area (Å²) in [6.07, 6.45) is 5.22. The zero-order valence-corrected chi connectivity index (χ0v) is 14.5. The van der Waals surface area contributed by atoms with E-state index in [1.807, 2.05) is 21.9 Å². The molecule has 2 aliphatic rings. The maximum atomic E-state index is 12.6. The van der Waals surface area contributed by atoms with E-state index in [1.54, 1.807) is 12.4 Å². The first-order chi connectivity index (χ1) is 11.7. The fourth-order valence-corrected chi connectivity index (χ4v) is 3.90. The smallest absolute Gasteiger partial charge is 0.232 e. The molecule has 0 aliphatic carbocycles. The molecule has 0 aromatic carbocycles. The molecule has 0 bridgehead atoms. The highest BCUT2D eigenvalue weighted by atomic mass is 32.2. The third-order valence-corrected chi connectivity index (χ3v) is 5.45. The maximum Gasteiger partial charge on any atom is 0.232 e. The van der Waals surface area contributed by atoms with Crippen LogP contribution in [0, 0.1) is 5.92 Å². The van der Waals surface area contributed by atoms with Crippen molar-refractivity contribution in [2.24, 2.45) is 5.92 Å². The molecule has 2 aliphatic heterocycles. The van der Waals surface area contributed by atoms with Gasteiger partial charge in [-0.25, -0.2) is 0 Å². The summed E-state index contributed by atoms with van der Waals surface area (Å²) in [5.74, 6) is 0.628. The van der Waals surface area contributed by atoms with E-state index in [1.165, 1.54) is 11.8 Å². The van der Waals surface area contributed by atoms with E-state index in [2.05, 4.69) is 4.98 Å². The zero-order chi connectivity index (χ0) is 16.8. The molecule has 24 heavy (non-hydrogen) atoms. The van der Waals surface area contributed by atoms with Crippen LogP contribution in [0.5, 0.6) is 0 Å². The van der Waals surface area contributed by atoms with E-state index in [0.717, 1.165) is 24.3 Å². The number of hydrogen-bond donors (Lipinski definition) is 0. The first kappa shape index (κ1) is 17.2. The molecule has 3 heterocycles. The molecule has 1 aromatic heterocycles. The van der Waals surface area contributed by atoms with Gasteiger partial charge in [-0.1, -0.05) is 0 Å². The number of pyridine rings is 1. The summed E-state index contributed by atoms with van der Waals surface area (Å²) in [5, 5.41) is 0. The number of carbonyl (C=O) groups is 2. The largest absolute Gasteiger partial charge is 0.378 e. The van der Waals surface area contributed by atoms with Crippen molar-refractivity contribution < 1.29 is 14.3 Å². The number of morpholine rings is 1. The summed E-state index contributed by atoms with van der Waals surface area (Å²) in [7, 11) is 0. The van der Waals surface area contributed by atoms with Gasteiger partial charge in [0.1, 0.15) is 0 Å². The summed E-state index contributed by atoms with van der Waals surface area (Å²) < 4.78 is 5.30. The lowest BCUT2D eigenvalue weighted by molar-refractivity contribution is -0.143. The molecule has 2 saturated heterocycles. The summed E-state index contributed by atoms with van der Waals surface area (Å²) in [6.45, 7) is 3.87. The van der Waals surface area contributed by atoms with Gasteiger partial charge in [-0.2, -0.15) is 0 Å². The molecule has 0 spiro atoms. The molecule has 0 radical (unpaired) electrons. The Labute approximate surface area is 146 Å². The van der Waals surface area contributed by atoms with Crippen molar-refractivity contribution >= 4 is 23.6 Å². The van der Waals surface area contributed by atoms with Crippen molar-refractivity contribution in [3.05, 3.63) is 24.5 Å². The molecule has 3 rings (SSSR count). The Morgan fingerprint density at radius 3 is 2.67 bits per heavy atom. The third kappa shape index (κ3) is 4.48. The Hall–Kier alpha value is -1.60. The van der Waals surface area contributed by atoms with E-state index < -0.39 is 0 Å². The van der Waals surface area contributed by atoms with Crippen molar-refractivity contribution in [1.29, 1.82) is 0 Å². The van der Waals surface area contributed by atoms with Crippen LogP contribution in [0.15, 0.2) is 29.4 Å². The van der Waals surface area contributed by atoms with Gasteiger partial charge in [-0.3, -0.25) is 14.6 Å². The third-order valence-electron chi connectivity index (χ3n) is 4.46. The van der Waals surface area contributed by atoms with E-state index in [0.29, 0.717) is 38.6 Å². The molecular formula is C17H23N3O3S. The van der Waals surface area contributed by atoms with Crippen LogP contribution < -0.4 is 0 Å². The summed E-state index contributed by atoms with van der Waals surface area (Å²) >= 11 is 1.52. The number of nitrogens with zero attached hydrogens (tertiary/aromatic N) is 3. The van der Waals surface area contributed by atoms with Crippen molar-refractivity contribution in [1.82, 2.24) is 14.8 Å². The lowest BCUT2D eigenvalue weighted by Gasteiger charge is -2.36. The van der Waals surface area contributed by atoms with Gasteiger partial charge in [0, 0.05) is 43.5 Å². The molecule has 0 N–H and O–H groups in total. The number of piperidine rings is 1. The Morgan fingerprint density at radius 2 is 1.92 bits per heavy atom.